The second-order valence-corrected chi connectivity index (χ2v) is 7.86. The molecule has 1 aliphatic rings. The molecular formula is C24H26N2O4. The third-order valence-electron chi connectivity index (χ3n) is 5.23. The summed E-state index contributed by atoms with van der Waals surface area (Å²) < 4.78 is 11.0. The van der Waals surface area contributed by atoms with E-state index in [0.29, 0.717) is 35.4 Å². The van der Waals surface area contributed by atoms with Crippen LogP contribution >= 0.6 is 0 Å². The van der Waals surface area contributed by atoms with Crippen LogP contribution in [0.15, 0.2) is 63.8 Å². The van der Waals surface area contributed by atoms with Crippen LogP contribution in [0.5, 0.6) is 5.75 Å². The predicted octanol–water partition coefficient (Wildman–Crippen LogP) is 3.54. The van der Waals surface area contributed by atoms with Crippen LogP contribution in [-0.4, -0.2) is 48.0 Å². The van der Waals surface area contributed by atoms with Gasteiger partial charge in [-0.15, -0.1) is 0 Å². The van der Waals surface area contributed by atoms with Crippen molar-refractivity contribution in [2.45, 2.75) is 26.5 Å². The first-order valence-corrected chi connectivity index (χ1v) is 10.3. The fraction of sp³-hybridized carbons (Fsp3) is 0.333. The van der Waals surface area contributed by atoms with E-state index in [-0.39, 0.29) is 12.0 Å². The lowest BCUT2D eigenvalue weighted by Crippen LogP contribution is -2.48. The fourth-order valence-corrected chi connectivity index (χ4v) is 3.79. The Balaban J connectivity index is 1.50. The van der Waals surface area contributed by atoms with Crippen molar-refractivity contribution in [1.82, 2.24) is 9.80 Å². The Morgan fingerprint density at radius 3 is 2.47 bits per heavy atom. The largest absolute Gasteiger partial charge is 0.491 e. The SMILES string of the molecule is CC(C)Oc1ccc2c(C(=O)N3CCN(Cc4ccccc4)CC3)cc(=O)oc2c1. The third-order valence-corrected chi connectivity index (χ3v) is 5.23. The van der Waals surface area contributed by atoms with Crippen molar-refractivity contribution in [3.63, 3.8) is 0 Å². The Hall–Kier alpha value is -3.12. The summed E-state index contributed by atoms with van der Waals surface area (Å²) in [4.78, 5) is 29.4. The van der Waals surface area contributed by atoms with E-state index in [1.165, 1.54) is 11.6 Å². The van der Waals surface area contributed by atoms with Gasteiger partial charge in [0.15, 0.2) is 0 Å². The Bertz CT molecular complexity index is 1080. The number of piperazine rings is 1. The normalized spacial score (nSPS) is 15.0. The zero-order valence-electron chi connectivity index (χ0n) is 17.3. The predicted molar refractivity (Wildman–Crippen MR) is 116 cm³/mol. The first kappa shape index (κ1) is 20.2. The molecule has 1 saturated heterocycles. The van der Waals surface area contributed by atoms with Gasteiger partial charge >= 0.3 is 5.63 Å². The van der Waals surface area contributed by atoms with Crippen molar-refractivity contribution in [2.75, 3.05) is 26.2 Å². The molecule has 156 valence electrons. The number of amides is 1. The van der Waals surface area contributed by atoms with Crippen molar-refractivity contribution in [3.8, 4) is 5.75 Å². The lowest BCUT2D eigenvalue weighted by atomic mass is 10.1. The zero-order valence-corrected chi connectivity index (χ0v) is 17.3. The molecule has 0 radical (unpaired) electrons. The molecule has 1 aromatic heterocycles. The number of rotatable bonds is 5. The molecule has 0 atom stereocenters. The molecular weight excluding hydrogens is 380 g/mol. The summed E-state index contributed by atoms with van der Waals surface area (Å²) in [6.45, 7) is 7.58. The average Bonchev–Trinajstić information content (AvgIpc) is 2.73. The van der Waals surface area contributed by atoms with Gasteiger partial charge in [0, 0.05) is 50.2 Å². The van der Waals surface area contributed by atoms with E-state index in [1.807, 2.05) is 36.9 Å². The van der Waals surface area contributed by atoms with Crippen LogP contribution in [-0.2, 0) is 6.54 Å². The van der Waals surface area contributed by atoms with Crippen molar-refractivity contribution >= 4 is 16.9 Å². The molecule has 1 aliphatic heterocycles. The van der Waals surface area contributed by atoms with Gasteiger partial charge in [-0.3, -0.25) is 9.69 Å². The maximum Gasteiger partial charge on any atom is 0.337 e. The van der Waals surface area contributed by atoms with Gasteiger partial charge in [0.25, 0.3) is 5.91 Å². The summed E-state index contributed by atoms with van der Waals surface area (Å²) in [7, 11) is 0. The summed E-state index contributed by atoms with van der Waals surface area (Å²) in [6.07, 6.45) is 0.00571. The number of nitrogens with zero attached hydrogens (tertiary/aromatic N) is 2. The van der Waals surface area contributed by atoms with E-state index < -0.39 is 5.63 Å². The highest BCUT2D eigenvalue weighted by Crippen LogP contribution is 2.24. The summed E-state index contributed by atoms with van der Waals surface area (Å²) in [5.74, 6) is 0.476. The van der Waals surface area contributed by atoms with Crippen LogP contribution < -0.4 is 10.4 Å². The fourth-order valence-electron chi connectivity index (χ4n) is 3.79. The maximum atomic E-state index is 13.2. The molecule has 0 unspecified atom stereocenters. The van der Waals surface area contributed by atoms with Crippen molar-refractivity contribution in [2.24, 2.45) is 0 Å². The van der Waals surface area contributed by atoms with Gasteiger partial charge in [-0.2, -0.15) is 0 Å². The minimum absolute atomic E-state index is 0.00571. The molecule has 30 heavy (non-hydrogen) atoms. The second kappa shape index (κ2) is 8.71. The number of carbonyl (C=O) groups excluding carboxylic acids is 1. The molecule has 0 saturated carbocycles. The number of carbonyl (C=O) groups is 1. The Morgan fingerprint density at radius 1 is 1.03 bits per heavy atom. The standard InChI is InChI=1S/C24H26N2O4/c1-17(2)29-19-8-9-20-21(15-23(27)30-22(20)14-19)24(28)26-12-10-25(11-13-26)16-18-6-4-3-5-7-18/h3-9,14-15,17H,10-13,16H2,1-2H3. The van der Waals surface area contributed by atoms with Gasteiger partial charge in [-0.1, -0.05) is 30.3 Å². The van der Waals surface area contributed by atoms with Gasteiger partial charge in [-0.25, -0.2) is 4.79 Å². The third kappa shape index (κ3) is 4.54. The highest BCUT2D eigenvalue weighted by atomic mass is 16.5. The van der Waals surface area contributed by atoms with Gasteiger partial charge in [-0.05, 0) is 31.5 Å². The molecule has 4 rings (SSSR count). The highest BCUT2D eigenvalue weighted by Gasteiger charge is 2.24. The Labute approximate surface area is 175 Å². The number of ether oxygens (including phenoxy) is 1. The van der Waals surface area contributed by atoms with Crippen molar-refractivity contribution in [1.29, 1.82) is 0 Å². The molecule has 3 aromatic rings. The molecule has 2 heterocycles. The molecule has 1 fully saturated rings. The molecule has 6 heteroatoms. The van der Waals surface area contributed by atoms with E-state index in [0.717, 1.165) is 19.6 Å². The van der Waals surface area contributed by atoms with E-state index in [1.54, 1.807) is 18.2 Å². The van der Waals surface area contributed by atoms with E-state index in [4.69, 9.17) is 9.15 Å². The van der Waals surface area contributed by atoms with Crippen LogP contribution in [0.1, 0.15) is 29.8 Å². The van der Waals surface area contributed by atoms with Crippen LogP contribution in [0.4, 0.5) is 0 Å². The average molecular weight is 406 g/mol. The Morgan fingerprint density at radius 2 is 1.77 bits per heavy atom. The van der Waals surface area contributed by atoms with Crippen LogP contribution in [0, 0.1) is 0 Å². The minimum atomic E-state index is -0.532. The molecule has 0 aliphatic carbocycles. The topological polar surface area (TPSA) is 63.0 Å². The molecule has 6 nitrogen and oxygen atoms in total. The van der Waals surface area contributed by atoms with E-state index >= 15 is 0 Å². The van der Waals surface area contributed by atoms with Gasteiger partial charge in [0.05, 0.1) is 11.7 Å². The molecule has 1 amide bonds. The number of fused-ring (bicyclic) bond motifs is 1. The number of hydrogen-bond donors (Lipinski definition) is 0. The summed E-state index contributed by atoms with van der Waals surface area (Å²) in [5.41, 5.74) is 1.49. The lowest BCUT2D eigenvalue weighted by molar-refractivity contribution is 0.0629. The first-order valence-electron chi connectivity index (χ1n) is 10.3. The van der Waals surface area contributed by atoms with E-state index in [9.17, 15) is 9.59 Å². The monoisotopic (exact) mass is 406 g/mol. The molecule has 0 spiro atoms. The summed E-state index contributed by atoms with van der Waals surface area (Å²) in [5, 5.41) is 0.627. The van der Waals surface area contributed by atoms with Crippen LogP contribution in [0.2, 0.25) is 0 Å². The summed E-state index contributed by atoms with van der Waals surface area (Å²) in [6, 6.07) is 16.9. The first-order chi connectivity index (χ1) is 14.5. The number of benzene rings is 2. The van der Waals surface area contributed by atoms with Crippen LogP contribution in [0.25, 0.3) is 11.0 Å². The van der Waals surface area contributed by atoms with Crippen molar-refractivity contribution in [3.05, 3.63) is 76.1 Å². The molecule has 0 bridgehead atoms. The maximum absolute atomic E-state index is 13.2. The zero-order chi connectivity index (χ0) is 21.1. The molecule has 2 aromatic carbocycles. The molecule has 0 N–H and O–H groups in total. The summed E-state index contributed by atoms with van der Waals surface area (Å²) >= 11 is 0. The lowest BCUT2D eigenvalue weighted by Gasteiger charge is -2.35. The van der Waals surface area contributed by atoms with Gasteiger partial charge in [0.2, 0.25) is 0 Å². The van der Waals surface area contributed by atoms with Crippen molar-refractivity contribution < 1.29 is 13.9 Å². The minimum Gasteiger partial charge on any atom is -0.491 e. The van der Waals surface area contributed by atoms with Gasteiger partial charge < -0.3 is 14.1 Å². The van der Waals surface area contributed by atoms with Crippen LogP contribution in [0.3, 0.4) is 0 Å². The van der Waals surface area contributed by atoms with Gasteiger partial charge in [0.1, 0.15) is 11.3 Å². The highest BCUT2D eigenvalue weighted by molar-refractivity contribution is 6.05. The second-order valence-electron chi connectivity index (χ2n) is 7.86. The Kier molecular flexibility index (Phi) is 5.86. The van der Waals surface area contributed by atoms with E-state index in [2.05, 4.69) is 17.0 Å². The number of hydrogen-bond acceptors (Lipinski definition) is 5. The smallest absolute Gasteiger partial charge is 0.337 e. The quantitative estimate of drug-likeness (QED) is 0.607.